The van der Waals surface area contributed by atoms with Gasteiger partial charge in [-0.15, -0.1) is 0 Å². The third kappa shape index (κ3) is 8.10. The lowest BCUT2D eigenvalue weighted by Gasteiger charge is -2.17. The lowest BCUT2D eigenvalue weighted by atomic mass is 9.89. The predicted octanol–water partition coefficient (Wildman–Crippen LogP) is 4.89. The summed E-state index contributed by atoms with van der Waals surface area (Å²) in [5, 5.41) is 0. The molecule has 0 aliphatic heterocycles. The molecule has 0 saturated heterocycles. The highest BCUT2D eigenvalue weighted by Crippen LogP contribution is 2.20. The van der Waals surface area contributed by atoms with Crippen LogP contribution < -0.4 is 0 Å². The highest BCUT2D eigenvalue weighted by molar-refractivity contribution is 4.60. The van der Waals surface area contributed by atoms with Crippen molar-refractivity contribution in [1.29, 1.82) is 0 Å². The van der Waals surface area contributed by atoms with Gasteiger partial charge in [0.05, 0.1) is 0 Å². The SMILES string of the molecule is CC.CCCCC(CC)C(C)C. The van der Waals surface area contributed by atoms with Gasteiger partial charge in [-0.3, -0.25) is 0 Å². The minimum Gasteiger partial charge on any atom is -0.0683 e. The molecule has 0 amide bonds. The van der Waals surface area contributed by atoms with Crippen LogP contribution in [0, 0.1) is 11.8 Å². The van der Waals surface area contributed by atoms with E-state index in [1.807, 2.05) is 13.8 Å². The summed E-state index contributed by atoms with van der Waals surface area (Å²) in [5.41, 5.74) is 0. The van der Waals surface area contributed by atoms with Crippen LogP contribution in [0.5, 0.6) is 0 Å². The molecule has 0 aromatic carbocycles. The lowest BCUT2D eigenvalue weighted by Crippen LogP contribution is -2.06. The summed E-state index contributed by atoms with van der Waals surface area (Å²) in [6.45, 7) is 13.3. The van der Waals surface area contributed by atoms with Crippen LogP contribution in [0.4, 0.5) is 0 Å². The van der Waals surface area contributed by atoms with E-state index >= 15 is 0 Å². The van der Waals surface area contributed by atoms with Crippen LogP contribution in [0.15, 0.2) is 0 Å². The fourth-order valence-electron chi connectivity index (χ4n) is 1.48. The Balaban J connectivity index is 0. The molecule has 1 unspecified atom stereocenters. The minimum atomic E-state index is 0.886. The first kappa shape index (κ1) is 14.5. The van der Waals surface area contributed by atoms with E-state index in [9.17, 15) is 0 Å². The van der Waals surface area contributed by atoms with Crippen LogP contribution >= 0.6 is 0 Å². The summed E-state index contributed by atoms with van der Waals surface area (Å²) in [7, 11) is 0. The first-order valence-corrected chi connectivity index (χ1v) is 5.72. The Morgan fingerprint density at radius 2 is 1.50 bits per heavy atom. The summed E-state index contributed by atoms with van der Waals surface area (Å²) in [6, 6.07) is 0. The van der Waals surface area contributed by atoms with Crippen molar-refractivity contribution in [3.8, 4) is 0 Å². The minimum absolute atomic E-state index is 0.886. The van der Waals surface area contributed by atoms with Crippen LogP contribution in [-0.2, 0) is 0 Å². The quantitative estimate of drug-likeness (QED) is 0.554. The normalized spacial score (nSPS) is 12.2. The van der Waals surface area contributed by atoms with Gasteiger partial charge in [-0.05, 0) is 11.8 Å². The van der Waals surface area contributed by atoms with Crippen molar-refractivity contribution in [3.05, 3.63) is 0 Å². The zero-order valence-electron chi connectivity index (χ0n) is 9.98. The van der Waals surface area contributed by atoms with E-state index in [4.69, 9.17) is 0 Å². The number of hydrogen-bond acceptors (Lipinski definition) is 0. The van der Waals surface area contributed by atoms with E-state index in [1.165, 1.54) is 25.7 Å². The standard InChI is InChI=1S/C10H22.C2H6/c1-5-7-8-10(6-2)9(3)4;1-2/h9-10H,5-8H2,1-4H3;1-2H3. The summed E-state index contributed by atoms with van der Waals surface area (Å²) in [5.74, 6) is 1.86. The highest BCUT2D eigenvalue weighted by Gasteiger charge is 2.08. The molecule has 0 spiro atoms. The number of rotatable bonds is 5. The first-order valence-electron chi connectivity index (χ1n) is 5.72. The van der Waals surface area contributed by atoms with Gasteiger partial charge in [-0.25, -0.2) is 0 Å². The molecule has 0 saturated carbocycles. The average Bonchev–Trinajstić information content (AvgIpc) is 2.09. The van der Waals surface area contributed by atoms with E-state index in [0.29, 0.717) is 0 Å². The molecule has 1 atom stereocenters. The van der Waals surface area contributed by atoms with Gasteiger partial charge in [-0.2, -0.15) is 0 Å². The second-order valence-electron chi connectivity index (χ2n) is 3.55. The van der Waals surface area contributed by atoms with Gasteiger partial charge in [0.2, 0.25) is 0 Å². The third-order valence-electron chi connectivity index (χ3n) is 2.40. The monoisotopic (exact) mass is 172 g/mol. The van der Waals surface area contributed by atoms with Gasteiger partial charge in [0.25, 0.3) is 0 Å². The predicted molar refractivity (Wildman–Crippen MR) is 59.5 cm³/mol. The van der Waals surface area contributed by atoms with Gasteiger partial charge in [0.1, 0.15) is 0 Å². The molecule has 0 aliphatic carbocycles. The molecule has 0 rings (SSSR count). The molecule has 12 heavy (non-hydrogen) atoms. The molecular formula is C12H28. The summed E-state index contributed by atoms with van der Waals surface area (Å²) in [6.07, 6.45) is 5.56. The maximum Gasteiger partial charge on any atom is -0.0394 e. The topological polar surface area (TPSA) is 0 Å². The molecule has 0 bridgehead atoms. The van der Waals surface area contributed by atoms with Gasteiger partial charge >= 0.3 is 0 Å². The Morgan fingerprint density at radius 3 is 1.75 bits per heavy atom. The van der Waals surface area contributed by atoms with E-state index in [-0.39, 0.29) is 0 Å². The Bertz CT molecular complexity index is 64.4. The third-order valence-corrected chi connectivity index (χ3v) is 2.40. The Morgan fingerprint density at radius 1 is 1.00 bits per heavy atom. The van der Waals surface area contributed by atoms with E-state index in [1.54, 1.807) is 0 Å². The van der Waals surface area contributed by atoms with Crippen molar-refractivity contribution in [2.75, 3.05) is 0 Å². The fraction of sp³-hybridized carbons (Fsp3) is 1.00. The molecule has 0 aromatic heterocycles. The molecule has 0 heterocycles. The molecule has 0 fully saturated rings. The zero-order chi connectivity index (χ0) is 9.98. The van der Waals surface area contributed by atoms with Crippen molar-refractivity contribution < 1.29 is 0 Å². The number of hydrogen-bond donors (Lipinski definition) is 0. The van der Waals surface area contributed by atoms with Crippen molar-refractivity contribution in [2.45, 2.75) is 67.2 Å². The zero-order valence-corrected chi connectivity index (χ0v) is 9.98. The van der Waals surface area contributed by atoms with Crippen molar-refractivity contribution in [3.63, 3.8) is 0 Å². The van der Waals surface area contributed by atoms with Gasteiger partial charge in [-0.1, -0.05) is 67.2 Å². The number of unbranched alkanes of at least 4 members (excludes halogenated alkanes) is 1. The Kier molecular flexibility index (Phi) is 13.3. The molecule has 0 N–H and O–H groups in total. The van der Waals surface area contributed by atoms with Crippen LogP contribution in [0.25, 0.3) is 0 Å². The summed E-state index contributed by atoms with van der Waals surface area (Å²) in [4.78, 5) is 0. The van der Waals surface area contributed by atoms with Crippen molar-refractivity contribution in [1.82, 2.24) is 0 Å². The maximum absolute atomic E-state index is 2.34. The highest BCUT2D eigenvalue weighted by atomic mass is 14.1. The van der Waals surface area contributed by atoms with E-state index < -0.39 is 0 Å². The largest absolute Gasteiger partial charge is 0.0683 e. The maximum atomic E-state index is 2.34. The van der Waals surface area contributed by atoms with Crippen LogP contribution in [0.1, 0.15) is 67.2 Å². The molecule has 0 radical (unpaired) electrons. The Hall–Kier alpha value is 0. The van der Waals surface area contributed by atoms with Crippen LogP contribution in [0.3, 0.4) is 0 Å². The van der Waals surface area contributed by atoms with Crippen molar-refractivity contribution in [2.24, 2.45) is 11.8 Å². The van der Waals surface area contributed by atoms with Crippen LogP contribution in [0.2, 0.25) is 0 Å². The fourth-order valence-corrected chi connectivity index (χ4v) is 1.48. The summed E-state index contributed by atoms with van der Waals surface area (Å²) >= 11 is 0. The smallest absolute Gasteiger partial charge is 0.0394 e. The molecule has 0 aliphatic rings. The Labute approximate surface area is 79.8 Å². The molecular weight excluding hydrogens is 144 g/mol. The summed E-state index contributed by atoms with van der Waals surface area (Å²) < 4.78 is 0. The average molecular weight is 172 g/mol. The first-order chi connectivity index (χ1) is 5.72. The van der Waals surface area contributed by atoms with Gasteiger partial charge in [0, 0.05) is 0 Å². The second kappa shape index (κ2) is 11.0. The molecule has 0 aromatic rings. The van der Waals surface area contributed by atoms with E-state index in [0.717, 1.165) is 11.8 Å². The molecule has 0 nitrogen and oxygen atoms in total. The second-order valence-corrected chi connectivity index (χ2v) is 3.55. The molecule has 0 heteroatoms. The van der Waals surface area contributed by atoms with E-state index in [2.05, 4.69) is 27.7 Å². The van der Waals surface area contributed by atoms with Gasteiger partial charge in [0.15, 0.2) is 0 Å². The van der Waals surface area contributed by atoms with Crippen molar-refractivity contribution >= 4 is 0 Å². The molecule has 76 valence electrons. The lowest BCUT2D eigenvalue weighted by molar-refractivity contribution is 0.339. The van der Waals surface area contributed by atoms with Crippen LogP contribution in [-0.4, -0.2) is 0 Å². The van der Waals surface area contributed by atoms with Gasteiger partial charge < -0.3 is 0 Å².